The van der Waals surface area contributed by atoms with E-state index in [9.17, 15) is 4.79 Å². The van der Waals surface area contributed by atoms with Crippen molar-refractivity contribution in [2.75, 3.05) is 32.7 Å². The maximum Gasteiger partial charge on any atom is 0.234 e. The molecule has 0 bridgehead atoms. The van der Waals surface area contributed by atoms with Crippen LogP contribution in [0.3, 0.4) is 0 Å². The Kier molecular flexibility index (Phi) is 6.77. The normalized spacial score (nSPS) is 24.3. The molecule has 0 radical (unpaired) electrons. The number of nitrogens with one attached hydrogen (secondary N) is 1. The smallest absolute Gasteiger partial charge is 0.234 e. The summed E-state index contributed by atoms with van der Waals surface area (Å²) in [6, 6.07) is 2.51. The lowest BCUT2D eigenvalue weighted by Gasteiger charge is -2.35. The highest BCUT2D eigenvalue weighted by molar-refractivity contribution is 7.14. The van der Waals surface area contributed by atoms with E-state index in [0.717, 1.165) is 49.8 Å². The number of carbonyl (C=O) groups excluding carboxylic acids is 1. The first-order valence-electron chi connectivity index (χ1n) is 10.4. The minimum absolute atomic E-state index is 0.201. The van der Waals surface area contributed by atoms with Crippen molar-refractivity contribution in [3.05, 3.63) is 27.9 Å². The molecule has 0 unspecified atom stereocenters. The molecular formula is C21H30N4OS2. The number of nitrogens with zero attached hydrogens (tertiary/aromatic N) is 3. The Morgan fingerprint density at radius 3 is 2.71 bits per heavy atom. The number of thiophene rings is 1. The van der Waals surface area contributed by atoms with E-state index in [2.05, 4.69) is 44.2 Å². The maximum atomic E-state index is 12.4. The second-order valence-electron chi connectivity index (χ2n) is 8.14. The van der Waals surface area contributed by atoms with Crippen LogP contribution in [-0.4, -0.2) is 59.5 Å². The van der Waals surface area contributed by atoms with Crippen LogP contribution in [0.2, 0.25) is 0 Å². The Morgan fingerprint density at radius 1 is 1.18 bits per heavy atom. The van der Waals surface area contributed by atoms with Gasteiger partial charge >= 0.3 is 0 Å². The lowest BCUT2D eigenvalue weighted by molar-refractivity contribution is -0.124. The minimum atomic E-state index is 0.201. The molecule has 1 aliphatic carbocycles. The van der Waals surface area contributed by atoms with Crippen molar-refractivity contribution in [2.24, 2.45) is 5.92 Å². The standard InChI is InChI=1S/C21H30N4OS2/c1-16-4-2-3-5-19(16)23-20(26)13-25-9-7-24(8-10-25)12-18-15-28-21(22-18)17-6-11-27-14-17/h6,11,14-16,19H,2-5,7-10,12-13H2,1H3,(H,23,26)/t16-,19+/m0/s1. The Morgan fingerprint density at radius 2 is 1.96 bits per heavy atom. The lowest BCUT2D eigenvalue weighted by atomic mass is 9.86. The largest absolute Gasteiger partial charge is 0.352 e. The highest BCUT2D eigenvalue weighted by Gasteiger charge is 2.25. The summed E-state index contributed by atoms with van der Waals surface area (Å²) >= 11 is 3.44. The van der Waals surface area contributed by atoms with Crippen molar-refractivity contribution in [1.82, 2.24) is 20.1 Å². The van der Waals surface area contributed by atoms with Crippen molar-refractivity contribution < 1.29 is 4.79 Å². The summed E-state index contributed by atoms with van der Waals surface area (Å²) in [6.07, 6.45) is 4.94. The molecule has 4 rings (SSSR count). The average molecular weight is 419 g/mol. The number of carbonyl (C=O) groups is 1. The maximum absolute atomic E-state index is 12.4. The molecule has 2 aromatic rings. The third kappa shape index (κ3) is 5.20. The highest BCUT2D eigenvalue weighted by atomic mass is 32.1. The van der Waals surface area contributed by atoms with E-state index in [0.29, 0.717) is 18.5 Å². The number of hydrogen-bond acceptors (Lipinski definition) is 6. The van der Waals surface area contributed by atoms with Gasteiger partial charge in [0.15, 0.2) is 0 Å². The van der Waals surface area contributed by atoms with Crippen LogP contribution in [-0.2, 0) is 11.3 Å². The van der Waals surface area contributed by atoms with Crippen LogP contribution in [0.1, 0.15) is 38.3 Å². The molecule has 2 aromatic heterocycles. The van der Waals surface area contributed by atoms with Gasteiger partial charge in [-0.05, 0) is 30.2 Å². The quantitative estimate of drug-likeness (QED) is 0.777. The summed E-state index contributed by atoms with van der Waals surface area (Å²) in [6.45, 7) is 7.61. The molecule has 2 atom stereocenters. The molecule has 1 amide bonds. The topological polar surface area (TPSA) is 48.5 Å². The van der Waals surface area contributed by atoms with Gasteiger partial charge in [-0.2, -0.15) is 11.3 Å². The summed E-state index contributed by atoms with van der Waals surface area (Å²) in [4.78, 5) is 22.0. The van der Waals surface area contributed by atoms with Gasteiger partial charge in [-0.3, -0.25) is 14.6 Å². The van der Waals surface area contributed by atoms with Gasteiger partial charge in [0, 0.05) is 55.1 Å². The predicted molar refractivity (Wildman–Crippen MR) is 117 cm³/mol. The molecule has 3 heterocycles. The Bertz CT molecular complexity index is 752. The van der Waals surface area contributed by atoms with Crippen molar-refractivity contribution in [1.29, 1.82) is 0 Å². The molecule has 1 N–H and O–H groups in total. The van der Waals surface area contributed by atoms with Gasteiger partial charge in [-0.15, -0.1) is 11.3 Å². The second-order valence-corrected chi connectivity index (χ2v) is 9.78. The van der Waals surface area contributed by atoms with Gasteiger partial charge in [0.1, 0.15) is 5.01 Å². The van der Waals surface area contributed by atoms with E-state index in [1.807, 2.05) is 0 Å². The number of rotatable bonds is 6. The van der Waals surface area contributed by atoms with Gasteiger partial charge in [0.25, 0.3) is 0 Å². The molecule has 5 nitrogen and oxygen atoms in total. The van der Waals surface area contributed by atoms with Crippen LogP contribution in [0.4, 0.5) is 0 Å². The molecule has 1 aliphatic heterocycles. The van der Waals surface area contributed by atoms with Crippen LogP contribution in [0, 0.1) is 5.92 Å². The van der Waals surface area contributed by atoms with Crippen LogP contribution < -0.4 is 5.32 Å². The number of hydrogen-bond donors (Lipinski definition) is 1. The minimum Gasteiger partial charge on any atom is -0.352 e. The fraction of sp³-hybridized carbons (Fsp3) is 0.619. The third-order valence-corrected chi connectivity index (χ3v) is 7.62. The van der Waals surface area contributed by atoms with E-state index in [-0.39, 0.29) is 5.91 Å². The fourth-order valence-electron chi connectivity index (χ4n) is 4.22. The van der Waals surface area contributed by atoms with Gasteiger partial charge in [-0.1, -0.05) is 19.8 Å². The van der Waals surface area contributed by atoms with E-state index < -0.39 is 0 Å². The molecule has 2 aliphatic rings. The Hall–Kier alpha value is -1.28. The fourth-order valence-corrected chi connectivity index (χ4v) is 5.74. The van der Waals surface area contributed by atoms with Gasteiger partial charge in [0.2, 0.25) is 5.91 Å². The number of piperazine rings is 1. The Balaban J connectivity index is 1.20. The summed E-state index contributed by atoms with van der Waals surface area (Å²) in [7, 11) is 0. The van der Waals surface area contributed by atoms with Crippen LogP contribution in [0.5, 0.6) is 0 Å². The van der Waals surface area contributed by atoms with Crippen molar-refractivity contribution in [3.8, 4) is 10.6 Å². The molecule has 28 heavy (non-hydrogen) atoms. The van der Waals surface area contributed by atoms with Gasteiger partial charge in [0.05, 0.1) is 12.2 Å². The number of amides is 1. The highest BCUT2D eigenvalue weighted by Crippen LogP contribution is 2.26. The first-order chi connectivity index (χ1) is 13.7. The summed E-state index contributed by atoms with van der Waals surface area (Å²) in [5, 5.41) is 10.8. The molecule has 7 heteroatoms. The number of aromatic nitrogens is 1. The second kappa shape index (κ2) is 9.48. The predicted octanol–water partition coefficient (Wildman–Crippen LogP) is 3.68. The lowest BCUT2D eigenvalue weighted by Crippen LogP contribution is -2.51. The third-order valence-electron chi connectivity index (χ3n) is 6.00. The van der Waals surface area contributed by atoms with Crippen LogP contribution in [0.25, 0.3) is 10.6 Å². The molecule has 152 valence electrons. The van der Waals surface area contributed by atoms with E-state index >= 15 is 0 Å². The SMILES string of the molecule is C[C@H]1CCCC[C@H]1NC(=O)CN1CCN(Cc2csc(-c3ccsc3)n2)CC1. The van der Waals surface area contributed by atoms with Gasteiger partial charge < -0.3 is 5.32 Å². The first-order valence-corrected chi connectivity index (χ1v) is 12.2. The molecule has 2 fully saturated rings. The van der Waals surface area contributed by atoms with Gasteiger partial charge in [-0.25, -0.2) is 4.98 Å². The zero-order chi connectivity index (χ0) is 19.3. The average Bonchev–Trinajstić information content (AvgIpc) is 3.37. The summed E-state index contributed by atoms with van der Waals surface area (Å²) in [5.41, 5.74) is 2.38. The summed E-state index contributed by atoms with van der Waals surface area (Å²) < 4.78 is 0. The number of thiazole rings is 1. The van der Waals surface area contributed by atoms with E-state index in [1.54, 1.807) is 22.7 Å². The molecule has 0 aromatic carbocycles. The zero-order valence-electron chi connectivity index (χ0n) is 16.6. The van der Waals surface area contributed by atoms with Crippen LogP contribution >= 0.6 is 22.7 Å². The van der Waals surface area contributed by atoms with E-state index in [4.69, 9.17) is 4.98 Å². The molecule has 1 saturated carbocycles. The first kappa shape index (κ1) is 20.0. The van der Waals surface area contributed by atoms with Crippen molar-refractivity contribution in [2.45, 2.75) is 45.2 Å². The molecular weight excluding hydrogens is 388 g/mol. The molecule has 1 saturated heterocycles. The monoisotopic (exact) mass is 418 g/mol. The Labute approximate surface area is 175 Å². The van der Waals surface area contributed by atoms with Crippen LogP contribution in [0.15, 0.2) is 22.2 Å². The molecule has 0 spiro atoms. The summed E-state index contributed by atoms with van der Waals surface area (Å²) in [5.74, 6) is 0.818. The van der Waals surface area contributed by atoms with Crippen molar-refractivity contribution >= 4 is 28.6 Å². The zero-order valence-corrected chi connectivity index (χ0v) is 18.2. The van der Waals surface area contributed by atoms with E-state index in [1.165, 1.54) is 24.8 Å². The van der Waals surface area contributed by atoms with Crippen molar-refractivity contribution in [3.63, 3.8) is 0 Å².